The van der Waals surface area contributed by atoms with E-state index in [4.69, 9.17) is 4.52 Å². The third-order valence-electron chi connectivity index (χ3n) is 3.12. The predicted octanol–water partition coefficient (Wildman–Crippen LogP) is 3.94. The number of rotatable bonds is 4. The molecule has 0 aliphatic rings. The number of hydrogen-bond acceptors (Lipinski definition) is 4. The largest absolute Gasteiger partial charge is 0.338 e. The molecule has 3 aromatic rings. The maximum atomic E-state index is 12.1. The van der Waals surface area contributed by atoms with Gasteiger partial charge in [-0.2, -0.15) is 0 Å². The summed E-state index contributed by atoms with van der Waals surface area (Å²) >= 11 is 0. The summed E-state index contributed by atoms with van der Waals surface area (Å²) in [4.78, 5) is 12.1. The Morgan fingerprint density at radius 3 is 2.71 bits per heavy atom. The van der Waals surface area contributed by atoms with Crippen molar-refractivity contribution >= 4 is 22.4 Å². The molecule has 0 bridgehead atoms. The molecule has 1 N–H and O–H groups in total. The first-order valence-electron chi connectivity index (χ1n) is 6.62. The van der Waals surface area contributed by atoms with Crippen LogP contribution in [0.1, 0.15) is 16.1 Å². The number of fused-ring (bicyclic) bond motifs is 1. The van der Waals surface area contributed by atoms with Crippen LogP contribution in [0.25, 0.3) is 10.8 Å². The fourth-order valence-electron chi connectivity index (χ4n) is 2.07. The third-order valence-corrected chi connectivity index (χ3v) is 3.12. The quantitative estimate of drug-likeness (QED) is 0.580. The maximum absolute atomic E-state index is 12.1. The van der Waals surface area contributed by atoms with Gasteiger partial charge < -0.3 is 9.84 Å². The van der Waals surface area contributed by atoms with E-state index in [0.29, 0.717) is 11.4 Å². The van der Waals surface area contributed by atoms with Crippen molar-refractivity contribution in [3.63, 3.8) is 0 Å². The summed E-state index contributed by atoms with van der Waals surface area (Å²) in [5.74, 6) is 0.444. The lowest BCUT2D eigenvalue weighted by molar-refractivity contribution is 0.104. The van der Waals surface area contributed by atoms with Crippen LogP contribution in [0.15, 0.2) is 65.3 Å². The van der Waals surface area contributed by atoms with Gasteiger partial charge in [0.2, 0.25) is 5.88 Å². The smallest absolute Gasteiger partial charge is 0.228 e. The minimum Gasteiger partial charge on any atom is -0.338 e. The first-order valence-corrected chi connectivity index (χ1v) is 6.62. The molecule has 2 aromatic carbocycles. The molecule has 104 valence electrons. The molecule has 4 nitrogen and oxygen atoms in total. The Kier molecular flexibility index (Phi) is 3.51. The van der Waals surface area contributed by atoms with E-state index in [0.717, 1.165) is 16.5 Å². The number of anilines is 1. The van der Waals surface area contributed by atoms with Gasteiger partial charge >= 0.3 is 0 Å². The predicted molar refractivity (Wildman–Crippen MR) is 82.3 cm³/mol. The molecule has 0 saturated heterocycles. The average Bonchev–Trinajstić information content (AvgIpc) is 2.92. The second-order valence-corrected chi connectivity index (χ2v) is 4.74. The summed E-state index contributed by atoms with van der Waals surface area (Å²) in [7, 11) is 0. The van der Waals surface area contributed by atoms with E-state index in [-0.39, 0.29) is 5.78 Å². The van der Waals surface area contributed by atoms with Crippen LogP contribution >= 0.6 is 0 Å². The van der Waals surface area contributed by atoms with Crippen LogP contribution in [0.2, 0.25) is 0 Å². The van der Waals surface area contributed by atoms with E-state index in [1.165, 1.54) is 6.08 Å². The first kappa shape index (κ1) is 13.1. The second-order valence-electron chi connectivity index (χ2n) is 4.74. The third kappa shape index (κ3) is 3.00. The second kappa shape index (κ2) is 5.63. The van der Waals surface area contributed by atoms with Crippen LogP contribution in [-0.4, -0.2) is 10.9 Å². The molecule has 0 fully saturated rings. The zero-order valence-corrected chi connectivity index (χ0v) is 11.5. The molecule has 21 heavy (non-hydrogen) atoms. The van der Waals surface area contributed by atoms with E-state index in [9.17, 15) is 4.79 Å². The Labute approximate surface area is 122 Å². The van der Waals surface area contributed by atoms with Gasteiger partial charge in [-0.05, 0) is 23.8 Å². The zero-order chi connectivity index (χ0) is 14.7. The Hall–Kier alpha value is -2.88. The highest BCUT2D eigenvalue weighted by atomic mass is 16.5. The number of nitrogens with one attached hydrogen (secondary N) is 1. The fourth-order valence-corrected chi connectivity index (χ4v) is 2.07. The van der Waals surface area contributed by atoms with E-state index in [2.05, 4.69) is 10.5 Å². The molecule has 0 spiro atoms. The molecule has 0 amide bonds. The van der Waals surface area contributed by atoms with Gasteiger partial charge in [-0.15, -0.1) is 0 Å². The summed E-state index contributed by atoms with van der Waals surface area (Å²) in [6, 6.07) is 15.4. The van der Waals surface area contributed by atoms with Gasteiger partial charge in [-0.3, -0.25) is 4.79 Å². The van der Waals surface area contributed by atoms with Crippen molar-refractivity contribution in [2.75, 3.05) is 5.32 Å². The van der Waals surface area contributed by atoms with E-state index >= 15 is 0 Å². The van der Waals surface area contributed by atoms with Crippen LogP contribution in [0.3, 0.4) is 0 Å². The van der Waals surface area contributed by atoms with Crippen molar-refractivity contribution in [2.45, 2.75) is 6.92 Å². The monoisotopic (exact) mass is 278 g/mol. The molecule has 0 radical (unpaired) electrons. The Morgan fingerprint density at radius 1 is 1.14 bits per heavy atom. The molecular weight excluding hydrogens is 264 g/mol. The van der Waals surface area contributed by atoms with Crippen molar-refractivity contribution in [2.24, 2.45) is 0 Å². The molecule has 0 atom stereocenters. The molecule has 0 unspecified atom stereocenters. The van der Waals surface area contributed by atoms with Crippen LogP contribution in [-0.2, 0) is 0 Å². The summed E-state index contributed by atoms with van der Waals surface area (Å²) in [5.41, 5.74) is 1.44. The number of aryl methyl sites for hydroxylation is 1. The van der Waals surface area contributed by atoms with Gasteiger partial charge in [0.25, 0.3) is 0 Å². The standard InChI is InChI=1S/C17H14N2O2/c1-12-10-17(21-19-12)18-9-8-16(20)15-7-6-13-4-2-3-5-14(13)11-15/h2-11,18H,1H3/b9-8-. The normalized spacial score (nSPS) is 11.1. The Bertz CT molecular complexity index is 818. The number of carbonyl (C=O) groups excluding carboxylic acids is 1. The Balaban J connectivity index is 1.74. The highest BCUT2D eigenvalue weighted by molar-refractivity contribution is 6.06. The molecule has 1 heterocycles. The number of nitrogens with zero attached hydrogens (tertiary/aromatic N) is 1. The molecule has 0 aliphatic heterocycles. The zero-order valence-electron chi connectivity index (χ0n) is 11.5. The fraction of sp³-hybridized carbons (Fsp3) is 0.0588. The first-order chi connectivity index (χ1) is 10.2. The topological polar surface area (TPSA) is 55.1 Å². The maximum Gasteiger partial charge on any atom is 0.228 e. The molecule has 1 aromatic heterocycles. The van der Waals surface area contributed by atoms with Crippen LogP contribution in [0, 0.1) is 6.92 Å². The van der Waals surface area contributed by atoms with Crippen molar-refractivity contribution in [3.05, 3.63) is 72.1 Å². The lowest BCUT2D eigenvalue weighted by atomic mass is 10.0. The molecule has 0 saturated carbocycles. The average molecular weight is 278 g/mol. The van der Waals surface area contributed by atoms with Gasteiger partial charge in [-0.1, -0.05) is 41.6 Å². The number of benzene rings is 2. The van der Waals surface area contributed by atoms with Crippen molar-refractivity contribution in [1.29, 1.82) is 0 Å². The van der Waals surface area contributed by atoms with Crippen LogP contribution < -0.4 is 5.32 Å². The summed E-state index contributed by atoms with van der Waals surface area (Å²) < 4.78 is 4.99. The summed E-state index contributed by atoms with van der Waals surface area (Å²) in [6.45, 7) is 1.83. The minimum absolute atomic E-state index is 0.0653. The van der Waals surface area contributed by atoms with Gasteiger partial charge in [0.05, 0.1) is 5.69 Å². The van der Waals surface area contributed by atoms with Gasteiger partial charge in [0.1, 0.15) is 0 Å². The number of ketones is 1. The van der Waals surface area contributed by atoms with Gasteiger partial charge in [0, 0.05) is 23.9 Å². The van der Waals surface area contributed by atoms with Crippen molar-refractivity contribution in [1.82, 2.24) is 5.16 Å². The number of carbonyl (C=O) groups is 1. The number of aromatic nitrogens is 1. The SMILES string of the molecule is Cc1cc(N/C=C\C(=O)c2ccc3ccccc3c2)on1. The minimum atomic E-state index is -0.0653. The van der Waals surface area contributed by atoms with E-state index in [1.807, 2.05) is 49.4 Å². The molecule has 3 rings (SSSR count). The molecular formula is C17H14N2O2. The van der Waals surface area contributed by atoms with E-state index < -0.39 is 0 Å². The van der Waals surface area contributed by atoms with E-state index in [1.54, 1.807) is 12.3 Å². The van der Waals surface area contributed by atoms with Crippen molar-refractivity contribution in [3.8, 4) is 0 Å². The van der Waals surface area contributed by atoms with Gasteiger partial charge in [-0.25, -0.2) is 0 Å². The van der Waals surface area contributed by atoms with Crippen molar-refractivity contribution < 1.29 is 9.32 Å². The lowest BCUT2D eigenvalue weighted by Crippen LogP contribution is -1.96. The number of hydrogen-bond donors (Lipinski definition) is 1. The number of allylic oxidation sites excluding steroid dienone is 1. The highest BCUT2D eigenvalue weighted by Gasteiger charge is 2.03. The highest BCUT2D eigenvalue weighted by Crippen LogP contribution is 2.16. The van der Waals surface area contributed by atoms with Crippen LogP contribution in [0.4, 0.5) is 5.88 Å². The molecule has 0 aliphatic carbocycles. The summed E-state index contributed by atoms with van der Waals surface area (Å²) in [5, 5.41) is 8.79. The molecule has 4 heteroatoms. The Morgan fingerprint density at radius 2 is 1.95 bits per heavy atom. The lowest BCUT2D eigenvalue weighted by Gasteiger charge is -2.00. The van der Waals surface area contributed by atoms with Crippen LogP contribution in [0.5, 0.6) is 0 Å². The van der Waals surface area contributed by atoms with Gasteiger partial charge in [0.15, 0.2) is 5.78 Å². The summed E-state index contributed by atoms with van der Waals surface area (Å²) in [6.07, 6.45) is 3.03.